The summed E-state index contributed by atoms with van der Waals surface area (Å²) in [6, 6.07) is 7.70. The van der Waals surface area contributed by atoms with Crippen LogP contribution >= 0.6 is 22.7 Å². The van der Waals surface area contributed by atoms with Crippen LogP contribution in [0, 0.1) is 16.5 Å². The highest BCUT2D eigenvalue weighted by Crippen LogP contribution is 2.29. The quantitative estimate of drug-likeness (QED) is 0.765. The first-order valence-corrected chi connectivity index (χ1v) is 9.27. The number of nitrogens with one attached hydrogen (secondary N) is 1. The Morgan fingerprint density at radius 1 is 1.30 bits per heavy atom. The van der Waals surface area contributed by atoms with Crippen molar-refractivity contribution in [3.8, 4) is 16.8 Å². The Labute approximate surface area is 138 Å². The fraction of sp³-hybridized carbons (Fsp3) is 0. The molecule has 0 aliphatic rings. The summed E-state index contributed by atoms with van der Waals surface area (Å²) in [6.45, 7) is 0. The average Bonchev–Trinajstić information content (AvgIpc) is 3.15. The molecule has 23 heavy (non-hydrogen) atoms. The maximum absolute atomic E-state index is 13.0. The number of benzene rings is 1. The molecule has 1 aromatic carbocycles. The fourth-order valence-corrected chi connectivity index (χ4v) is 4.54. The number of anilines is 1. The van der Waals surface area contributed by atoms with Gasteiger partial charge in [-0.3, -0.25) is 4.72 Å². The highest BCUT2D eigenvalue weighted by molar-refractivity contribution is 7.93. The minimum absolute atomic E-state index is 0.0405. The molecule has 1 N–H and O–H groups in total. The number of thiazole rings is 2. The van der Waals surface area contributed by atoms with Gasteiger partial charge in [0.05, 0.1) is 11.8 Å². The lowest BCUT2D eigenvalue weighted by Gasteiger charge is -2.06. The molecule has 10 heteroatoms. The van der Waals surface area contributed by atoms with E-state index in [2.05, 4.69) is 14.7 Å². The van der Waals surface area contributed by atoms with Crippen LogP contribution in [0.2, 0.25) is 0 Å². The molecule has 0 fully saturated rings. The molecule has 0 atom stereocenters. The van der Waals surface area contributed by atoms with E-state index in [9.17, 15) is 12.8 Å². The van der Waals surface area contributed by atoms with E-state index >= 15 is 0 Å². The van der Waals surface area contributed by atoms with E-state index < -0.39 is 15.2 Å². The van der Waals surface area contributed by atoms with Crippen LogP contribution < -0.4 is 4.72 Å². The lowest BCUT2D eigenvalue weighted by molar-refractivity contribution is 0.601. The Kier molecular flexibility index (Phi) is 4.08. The first-order chi connectivity index (χ1) is 11.0. The summed E-state index contributed by atoms with van der Waals surface area (Å²) in [7, 11) is -3.94. The zero-order valence-electron chi connectivity index (χ0n) is 11.2. The SMILES string of the molecule is N#Cc1ccccc1S(=O)(=O)Nc1nc(-c2ncc(F)s2)cs1. The second kappa shape index (κ2) is 6.04. The minimum atomic E-state index is -3.94. The standard InChI is InChI=1S/C13H7FN4O2S3/c14-11-6-16-12(22-11)9-7-21-13(17-9)18-23(19,20)10-4-2-1-3-8(10)5-15/h1-4,6-7H,(H,17,18). The molecule has 3 aromatic rings. The second-order valence-electron chi connectivity index (χ2n) is 4.22. The van der Waals surface area contributed by atoms with Crippen LogP contribution in [0.5, 0.6) is 0 Å². The largest absolute Gasteiger partial charge is 0.264 e. The van der Waals surface area contributed by atoms with E-state index in [-0.39, 0.29) is 15.6 Å². The molecule has 0 bridgehead atoms. The predicted molar refractivity (Wildman–Crippen MR) is 85.1 cm³/mol. The number of aromatic nitrogens is 2. The lowest BCUT2D eigenvalue weighted by atomic mass is 10.2. The third-order valence-electron chi connectivity index (χ3n) is 2.72. The smallest absolute Gasteiger partial charge is 0.255 e. The maximum atomic E-state index is 13.0. The predicted octanol–water partition coefficient (Wildman–Crippen LogP) is 3.08. The van der Waals surface area contributed by atoms with Gasteiger partial charge in [0.15, 0.2) is 10.3 Å². The van der Waals surface area contributed by atoms with Crippen molar-refractivity contribution in [2.45, 2.75) is 4.90 Å². The van der Waals surface area contributed by atoms with Crippen LogP contribution in [-0.4, -0.2) is 18.4 Å². The van der Waals surface area contributed by atoms with Crippen LogP contribution in [0.15, 0.2) is 40.7 Å². The van der Waals surface area contributed by atoms with Gasteiger partial charge in [0.1, 0.15) is 21.7 Å². The minimum Gasteiger partial charge on any atom is -0.255 e. The molecule has 2 heterocycles. The monoisotopic (exact) mass is 366 g/mol. The van der Waals surface area contributed by atoms with Gasteiger partial charge in [0, 0.05) is 5.38 Å². The third kappa shape index (κ3) is 3.21. The van der Waals surface area contributed by atoms with Crippen molar-refractivity contribution in [1.29, 1.82) is 5.26 Å². The van der Waals surface area contributed by atoms with Gasteiger partial charge in [-0.15, -0.1) is 11.3 Å². The third-order valence-corrected chi connectivity index (χ3v) is 5.81. The zero-order valence-corrected chi connectivity index (χ0v) is 13.7. The molecule has 0 saturated carbocycles. The van der Waals surface area contributed by atoms with Crippen molar-refractivity contribution in [2.75, 3.05) is 4.72 Å². The fourth-order valence-electron chi connectivity index (χ4n) is 1.75. The Bertz CT molecular complexity index is 1000. The molecule has 0 amide bonds. The summed E-state index contributed by atoms with van der Waals surface area (Å²) in [5, 5.41) is 10.6. The molecule has 0 aliphatic heterocycles. The first kappa shape index (κ1) is 15.5. The average molecular weight is 366 g/mol. The lowest BCUT2D eigenvalue weighted by Crippen LogP contribution is -2.14. The molecule has 0 saturated heterocycles. The maximum Gasteiger partial charge on any atom is 0.264 e. The van der Waals surface area contributed by atoms with Crippen molar-refractivity contribution in [1.82, 2.24) is 9.97 Å². The van der Waals surface area contributed by atoms with Crippen LogP contribution in [0.25, 0.3) is 10.7 Å². The molecule has 0 aliphatic carbocycles. The topological polar surface area (TPSA) is 95.7 Å². The normalized spacial score (nSPS) is 11.1. The van der Waals surface area contributed by atoms with Crippen LogP contribution in [-0.2, 0) is 10.0 Å². The summed E-state index contributed by atoms with van der Waals surface area (Å²) >= 11 is 1.87. The number of hydrogen-bond donors (Lipinski definition) is 1. The molecule has 116 valence electrons. The molecular weight excluding hydrogens is 359 g/mol. The molecular formula is C13H7FN4O2S3. The van der Waals surface area contributed by atoms with Gasteiger partial charge < -0.3 is 0 Å². The number of sulfonamides is 1. The highest BCUT2D eigenvalue weighted by Gasteiger charge is 2.20. The van der Waals surface area contributed by atoms with Crippen LogP contribution in [0.3, 0.4) is 0 Å². The molecule has 0 unspecified atom stereocenters. The second-order valence-corrected chi connectivity index (χ2v) is 7.71. The van der Waals surface area contributed by atoms with Gasteiger partial charge in [0.2, 0.25) is 0 Å². The molecule has 0 radical (unpaired) electrons. The van der Waals surface area contributed by atoms with Gasteiger partial charge in [-0.05, 0) is 12.1 Å². The summed E-state index contributed by atoms with van der Waals surface area (Å²) < 4.78 is 40.0. The van der Waals surface area contributed by atoms with Gasteiger partial charge in [-0.25, -0.2) is 18.4 Å². The van der Waals surface area contributed by atoms with E-state index in [1.807, 2.05) is 6.07 Å². The number of nitrogens with zero attached hydrogens (tertiary/aromatic N) is 3. The molecule has 2 aromatic heterocycles. The Morgan fingerprint density at radius 3 is 2.78 bits per heavy atom. The molecule has 6 nitrogen and oxygen atoms in total. The van der Waals surface area contributed by atoms with Gasteiger partial charge in [-0.1, -0.05) is 23.5 Å². The first-order valence-electron chi connectivity index (χ1n) is 6.09. The van der Waals surface area contributed by atoms with E-state index in [0.717, 1.165) is 28.9 Å². The van der Waals surface area contributed by atoms with Gasteiger partial charge in [-0.2, -0.15) is 9.65 Å². The zero-order chi connectivity index (χ0) is 16.4. The summed E-state index contributed by atoms with van der Waals surface area (Å²) in [5.41, 5.74) is 0.425. The summed E-state index contributed by atoms with van der Waals surface area (Å²) in [5.74, 6) is 0. The van der Waals surface area contributed by atoms with Crippen molar-refractivity contribution < 1.29 is 12.8 Å². The van der Waals surface area contributed by atoms with Crippen molar-refractivity contribution in [3.05, 3.63) is 46.5 Å². The number of hydrogen-bond acceptors (Lipinski definition) is 7. The van der Waals surface area contributed by atoms with Crippen molar-refractivity contribution in [3.63, 3.8) is 0 Å². The van der Waals surface area contributed by atoms with Crippen LogP contribution in [0.1, 0.15) is 5.56 Å². The highest BCUT2D eigenvalue weighted by atomic mass is 32.2. The Morgan fingerprint density at radius 2 is 2.09 bits per heavy atom. The number of halogens is 1. The summed E-state index contributed by atoms with van der Waals surface area (Å²) in [6.07, 6.45) is 1.08. The van der Waals surface area contributed by atoms with Crippen molar-refractivity contribution in [2.24, 2.45) is 0 Å². The molecule has 0 spiro atoms. The Balaban J connectivity index is 1.90. The van der Waals surface area contributed by atoms with E-state index in [1.54, 1.807) is 11.4 Å². The van der Waals surface area contributed by atoms with Crippen LogP contribution in [0.4, 0.5) is 9.52 Å². The van der Waals surface area contributed by atoms with Gasteiger partial charge >= 0.3 is 0 Å². The van der Waals surface area contributed by atoms with Crippen molar-refractivity contribution >= 4 is 37.8 Å². The van der Waals surface area contributed by atoms with Gasteiger partial charge in [0.25, 0.3) is 10.0 Å². The van der Waals surface area contributed by atoms with E-state index in [4.69, 9.17) is 5.26 Å². The van der Waals surface area contributed by atoms with E-state index in [1.165, 1.54) is 18.2 Å². The summed E-state index contributed by atoms with van der Waals surface area (Å²) in [4.78, 5) is 7.81. The molecule has 3 rings (SSSR count). The number of nitriles is 1. The van der Waals surface area contributed by atoms with E-state index in [0.29, 0.717) is 10.7 Å². The number of rotatable bonds is 4. The Hall–Kier alpha value is -2.35.